The molecule has 2 aromatic carbocycles. The van der Waals surface area contributed by atoms with Gasteiger partial charge in [-0.1, -0.05) is 71.2 Å². The summed E-state index contributed by atoms with van der Waals surface area (Å²) in [5, 5.41) is 3.94. The Morgan fingerprint density at radius 1 is 1.03 bits per heavy atom. The van der Waals surface area contributed by atoms with Crippen LogP contribution in [0, 0.1) is 5.92 Å². The van der Waals surface area contributed by atoms with E-state index in [0.29, 0.717) is 34.8 Å². The molecular weight excluding hydrogens is 519 g/mol. The summed E-state index contributed by atoms with van der Waals surface area (Å²) in [4.78, 5) is 27.4. The summed E-state index contributed by atoms with van der Waals surface area (Å²) in [5.41, 5.74) is 1.96. The highest BCUT2D eigenvalue weighted by Gasteiger charge is 2.26. The number of thioether (sulfide) groups is 1. The molecule has 2 amide bonds. The van der Waals surface area contributed by atoms with Crippen molar-refractivity contribution in [2.24, 2.45) is 5.92 Å². The van der Waals surface area contributed by atoms with Crippen LogP contribution >= 0.6 is 50.9 Å². The Hall–Kier alpha value is -1.21. The van der Waals surface area contributed by atoms with E-state index >= 15 is 0 Å². The van der Waals surface area contributed by atoms with E-state index in [0.717, 1.165) is 15.6 Å². The maximum atomic E-state index is 13.1. The molecule has 0 aliphatic heterocycles. The molecule has 0 saturated heterocycles. The largest absolute Gasteiger partial charge is 0.354 e. The highest BCUT2D eigenvalue weighted by atomic mass is 79.9. The molecule has 0 heterocycles. The molecule has 0 aliphatic rings. The number of amides is 2. The first-order chi connectivity index (χ1) is 14.7. The minimum atomic E-state index is -0.569. The summed E-state index contributed by atoms with van der Waals surface area (Å²) in [6.07, 6.45) is 0. The minimum Gasteiger partial charge on any atom is -0.354 e. The van der Waals surface area contributed by atoms with Crippen LogP contribution in [0.5, 0.6) is 0 Å². The van der Waals surface area contributed by atoms with Gasteiger partial charge in [-0.25, -0.2) is 0 Å². The Morgan fingerprint density at radius 2 is 1.68 bits per heavy atom. The standard InChI is InChI=1S/C23H27BrCl2N2O2S/c1-15(2)11-27-23(30)16(3)28(12-17-4-7-19(24)8-5-17)22(29)14-31-13-18-6-9-20(25)21(26)10-18/h4-10,15-16H,11-14H2,1-3H3,(H,27,30)/t16-/m0/s1. The van der Waals surface area contributed by atoms with Gasteiger partial charge in [-0.05, 0) is 48.2 Å². The van der Waals surface area contributed by atoms with Crippen molar-refractivity contribution in [1.29, 1.82) is 0 Å². The zero-order valence-electron chi connectivity index (χ0n) is 17.8. The zero-order valence-corrected chi connectivity index (χ0v) is 21.7. The number of hydrogen-bond donors (Lipinski definition) is 1. The molecule has 0 bridgehead atoms. The Morgan fingerprint density at radius 3 is 2.29 bits per heavy atom. The van der Waals surface area contributed by atoms with Crippen LogP contribution in [0.4, 0.5) is 0 Å². The minimum absolute atomic E-state index is 0.0832. The predicted octanol–water partition coefficient (Wildman–Crippen LogP) is 6.18. The summed E-state index contributed by atoms with van der Waals surface area (Å²) in [6, 6.07) is 12.7. The van der Waals surface area contributed by atoms with Gasteiger partial charge in [0.1, 0.15) is 6.04 Å². The van der Waals surface area contributed by atoms with Crippen molar-refractivity contribution in [2.75, 3.05) is 12.3 Å². The van der Waals surface area contributed by atoms with Gasteiger partial charge in [0, 0.05) is 23.3 Å². The molecule has 0 unspecified atom stereocenters. The lowest BCUT2D eigenvalue weighted by molar-refractivity contribution is -0.138. The van der Waals surface area contributed by atoms with Gasteiger partial charge in [0.25, 0.3) is 0 Å². The fraction of sp³-hybridized carbons (Fsp3) is 0.391. The van der Waals surface area contributed by atoms with Gasteiger partial charge in [0.15, 0.2) is 0 Å². The van der Waals surface area contributed by atoms with Crippen LogP contribution in [0.15, 0.2) is 46.9 Å². The van der Waals surface area contributed by atoms with Gasteiger partial charge in [-0.2, -0.15) is 0 Å². The van der Waals surface area contributed by atoms with E-state index in [1.807, 2.05) is 50.2 Å². The maximum Gasteiger partial charge on any atom is 0.242 e. The molecule has 0 saturated carbocycles. The van der Waals surface area contributed by atoms with Crippen molar-refractivity contribution in [3.8, 4) is 0 Å². The quantitative estimate of drug-likeness (QED) is 0.388. The summed E-state index contributed by atoms with van der Waals surface area (Å²) in [5.74, 6) is 1.00. The van der Waals surface area contributed by atoms with Crippen LogP contribution in [-0.4, -0.2) is 35.1 Å². The van der Waals surface area contributed by atoms with Crippen LogP contribution in [0.1, 0.15) is 31.9 Å². The molecule has 0 radical (unpaired) electrons. The molecule has 31 heavy (non-hydrogen) atoms. The van der Waals surface area contributed by atoms with Crippen molar-refractivity contribution >= 4 is 62.7 Å². The summed E-state index contributed by atoms with van der Waals surface area (Å²) >= 11 is 16.9. The third kappa shape index (κ3) is 8.68. The Bertz CT molecular complexity index is 894. The average Bonchev–Trinajstić information content (AvgIpc) is 2.73. The normalized spacial score (nSPS) is 12.0. The maximum absolute atomic E-state index is 13.1. The molecule has 4 nitrogen and oxygen atoms in total. The average molecular weight is 546 g/mol. The van der Waals surface area contributed by atoms with Crippen LogP contribution < -0.4 is 5.32 Å². The monoisotopic (exact) mass is 544 g/mol. The van der Waals surface area contributed by atoms with Gasteiger partial charge in [-0.3, -0.25) is 9.59 Å². The molecule has 8 heteroatoms. The number of hydrogen-bond acceptors (Lipinski definition) is 3. The number of halogens is 3. The van der Waals surface area contributed by atoms with Gasteiger partial charge < -0.3 is 10.2 Å². The topological polar surface area (TPSA) is 49.4 Å². The first-order valence-corrected chi connectivity index (χ1v) is 12.7. The van der Waals surface area contributed by atoms with E-state index < -0.39 is 6.04 Å². The van der Waals surface area contributed by atoms with Crippen LogP contribution in [0.3, 0.4) is 0 Å². The second-order valence-electron chi connectivity index (χ2n) is 7.70. The van der Waals surface area contributed by atoms with E-state index in [9.17, 15) is 9.59 Å². The lowest BCUT2D eigenvalue weighted by Crippen LogP contribution is -2.48. The van der Waals surface area contributed by atoms with Crippen LogP contribution in [0.25, 0.3) is 0 Å². The number of carbonyl (C=O) groups excluding carboxylic acids is 2. The first kappa shape index (κ1) is 26.0. The predicted molar refractivity (Wildman–Crippen MR) is 135 cm³/mol. The molecule has 0 aromatic heterocycles. The molecule has 2 aromatic rings. The molecule has 168 valence electrons. The first-order valence-electron chi connectivity index (χ1n) is 10.0. The Balaban J connectivity index is 2.05. The smallest absolute Gasteiger partial charge is 0.242 e. The van der Waals surface area contributed by atoms with Gasteiger partial charge >= 0.3 is 0 Å². The SMILES string of the molecule is CC(C)CNC(=O)[C@H](C)N(Cc1ccc(Br)cc1)C(=O)CSCc1ccc(Cl)c(Cl)c1. The van der Waals surface area contributed by atoms with Gasteiger partial charge in [0.2, 0.25) is 11.8 Å². The van der Waals surface area contributed by atoms with Crippen LogP contribution in [-0.2, 0) is 21.9 Å². The third-order valence-corrected chi connectivity index (χ3v) is 6.85. The fourth-order valence-corrected chi connectivity index (χ4v) is 4.23. The fourth-order valence-electron chi connectivity index (χ4n) is 2.79. The Kier molecular flexibility index (Phi) is 10.7. The third-order valence-electron chi connectivity index (χ3n) is 4.60. The molecule has 1 atom stereocenters. The number of nitrogens with zero attached hydrogens (tertiary/aromatic N) is 1. The lowest BCUT2D eigenvalue weighted by atomic mass is 10.1. The molecule has 0 aliphatic carbocycles. The molecular formula is C23H27BrCl2N2O2S. The highest BCUT2D eigenvalue weighted by molar-refractivity contribution is 9.10. The van der Waals surface area contributed by atoms with Gasteiger partial charge in [0.05, 0.1) is 15.8 Å². The second-order valence-corrected chi connectivity index (χ2v) is 10.4. The van der Waals surface area contributed by atoms with Crippen molar-refractivity contribution in [1.82, 2.24) is 10.2 Å². The van der Waals surface area contributed by atoms with Crippen molar-refractivity contribution in [2.45, 2.75) is 39.1 Å². The van der Waals surface area contributed by atoms with E-state index in [4.69, 9.17) is 23.2 Å². The zero-order chi connectivity index (χ0) is 23.0. The summed E-state index contributed by atoms with van der Waals surface area (Å²) < 4.78 is 0.967. The molecule has 0 fully saturated rings. The van der Waals surface area contributed by atoms with Crippen molar-refractivity contribution in [3.05, 3.63) is 68.1 Å². The molecule has 1 N–H and O–H groups in total. The van der Waals surface area contributed by atoms with Crippen LogP contribution in [0.2, 0.25) is 10.0 Å². The summed E-state index contributed by atoms with van der Waals surface area (Å²) in [6.45, 7) is 6.80. The highest BCUT2D eigenvalue weighted by Crippen LogP contribution is 2.25. The van der Waals surface area contributed by atoms with E-state index in [1.165, 1.54) is 11.8 Å². The van der Waals surface area contributed by atoms with Gasteiger partial charge in [-0.15, -0.1) is 11.8 Å². The van der Waals surface area contributed by atoms with E-state index in [-0.39, 0.29) is 17.6 Å². The van der Waals surface area contributed by atoms with Crippen molar-refractivity contribution < 1.29 is 9.59 Å². The van der Waals surface area contributed by atoms with E-state index in [2.05, 4.69) is 21.2 Å². The summed E-state index contributed by atoms with van der Waals surface area (Å²) in [7, 11) is 0. The lowest BCUT2D eigenvalue weighted by Gasteiger charge is -2.29. The molecule has 2 rings (SSSR count). The van der Waals surface area contributed by atoms with Crippen molar-refractivity contribution in [3.63, 3.8) is 0 Å². The number of rotatable bonds is 10. The number of benzene rings is 2. The Labute approximate surface area is 207 Å². The van der Waals surface area contributed by atoms with E-state index in [1.54, 1.807) is 17.9 Å². The number of carbonyl (C=O) groups is 2. The number of nitrogens with one attached hydrogen (secondary N) is 1. The second kappa shape index (κ2) is 12.7. The molecule has 0 spiro atoms.